The highest BCUT2D eigenvalue weighted by Gasteiger charge is 2.26. The minimum Gasteiger partial charge on any atom is -0.394 e. The number of alkyl halides is 3. The van der Waals surface area contributed by atoms with Crippen molar-refractivity contribution in [2.45, 2.75) is 21.9 Å². The number of aliphatic hydroxyl groups excluding tert-OH is 1. The van der Waals surface area contributed by atoms with Gasteiger partial charge in [-0.25, -0.2) is 12.8 Å². The van der Waals surface area contributed by atoms with Crippen LogP contribution in [-0.2, 0) is 14.6 Å². The Morgan fingerprint density at radius 3 is 2.52 bits per heavy atom. The number of aliphatic hydroxyl groups is 1. The fourth-order valence-electron chi connectivity index (χ4n) is 1.61. The highest BCUT2D eigenvalue weighted by molar-refractivity contribution is 7.90. The molecule has 1 aromatic carbocycles. The van der Waals surface area contributed by atoms with Crippen LogP contribution in [0.15, 0.2) is 29.2 Å². The Labute approximate surface area is 132 Å². The Morgan fingerprint density at radius 2 is 2.05 bits per heavy atom. The van der Waals surface area contributed by atoms with Crippen molar-refractivity contribution in [3.05, 3.63) is 29.8 Å². The lowest BCUT2D eigenvalue weighted by molar-refractivity contribution is -0.121. The van der Waals surface area contributed by atoms with Crippen molar-refractivity contribution in [3.8, 4) is 0 Å². The minimum atomic E-state index is -3.49. The van der Waals surface area contributed by atoms with Gasteiger partial charge in [0.1, 0.15) is 6.17 Å². The first-order valence-electron chi connectivity index (χ1n) is 5.80. The summed E-state index contributed by atoms with van der Waals surface area (Å²) in [5.74, 6) is -0.848. The van der Waals surface area contributed by atoms with Gasteiger partial charge in [-0.15, -0.1) is 0 Å². The molecule has 0 saturated heterocycles. The summed E-state index contributed by atoms with van der Waals surface area (Å²) in [5.41, 5.74) is 0.0120. The summed E-state index contributed by atoms with van der Waals surface area (Å²) >= 11 is 10.7. The van der Waals surface area contributed by atoms with E-state index in [1.54, 1.807) is 0 Å². The van der Waals surface area contributed by atoms with Crippen LogP contribution in [0.2, 0.25) is 0 Å². The van der Waals surface area contributed by atoms with E-state index in [2.05, 4.69) is 5.32 Å². The van der Waals surface area contributed by atoms with Gasteiger partial charge < -0.3 is 10.4 Å². The molecule has 0 spiro atoms. The van der Waals surface area contributed by atoms with Gasteiger partial charge in [-0.1, -0.05) is 35.3 Å². The van der Waals surface area contributed by atoms with Crippen molar-refractivity contribution in [2.75, 3.05) is 12.9 Å². The number of sulfone groups is 1. The number of benzene rings is 1. The van der Waals surface area contributed by atoms with Gasteiger partial charge in [0.25, 0.3) is 5.91 Å². The largest absolute Gasteiger partial charge is 0.394 e. The van der Waals surface area contributed by atoms with Crippen LogP contribution in [0.5, 0.6) is 0 Å². The zero-order valence-corrected chi connectivity index (χ0v) is 13.3. The average molecular weight is 358 g/mol. The zero-order chi connectivity index (χ0) is 16.2. The van der Waals surface area contributed by atoms with Crippen LogP contribution in [0, 0.1) is 0 Å². The van der Waals surface area contributed by atoms with Gasteiger partial charge >= 0.3 is 0 Å². The molecule has 1 aromatic rings. The molecule has 118 valence electrons. The van der Waals surface area contributed by atoms with E-state index in [9.17, 15) is 17.6 Å². The minimum absolute atomic E-state index is 0.0120. The Hall–Kier alpha value is -0.890. The van der Waals surface area contributed by atoms with Crippen molar-refractivity contribution in [1.82, 2.24) is 5.32 Å². The molecule has 2 atom stereocenters. The fraction of sp³-hybridized carbons (Fsp3) is 0.417. The lowest BCUT2D eigenvalue weighted by Gasteiger charge is -2.21. The number of carbonyl (C=O) groups is 1. The molecule has 0 saturated carbocycles. The highest BCUT2D eigenvalue weighted by Crippen LogP contribution is 2.24. The van der Waals surface area contributed by atoms with Gasteiger partial charge in [-0.2, -0.15) is 0 Å². The lowest BCUT2D eigenvalue weighted by atomic mass is 10.0. The predicted octanol–water partition coefficient (Wildman–Crippen LogP) is 1.38. The number of hydrogen-bond donors (Lipinski definition) is 2. The molecule has 0 aromatic heterocycles. The van der Waals surface area contributed by atoms with Crippen LogP contribution in [-0.4, -0.2) is 43.2 Å². The molecule has 0 radical (unpaired) electrons. The van der Waals surface area contributed by atoms with E-state index in [1.165, 1.54) is 18.2 Å². The molecular weight excluding hydrogens is 344 g/mol. The van der Waals surface area contributed by atoms with Crippen molar-refractivity contribution in [1.29, 1.82) is 0 Å². The summed E-state index contributed by atoms with van der Waals surface area (Å²) in [6.45, 7) is -0.698. The second kappa shape index (κ2) is 7.40. The highest BCUT2D eigenvalue weighted by atomic mass is 35.5. The van der Waals surface area contributed by atoms with Crippen molar-refractivity contribution < 1.29 is 22.7 Å². The first kappa shape index (κ1) is 18.2. The van der Waals surface area contributed by atoms with Gasteiger partial charge in [0.2, 0.25) is 0 Å². The SMILES string of the molecule is CS(=O)(=O)c1cccc(C(F)C(CO)NC(=O)C(Cl)Cl)c1. The first-order valence-corrected chi connectivity index (χ1v) is 8.56. The van der Waals surface area contributed by atoms with Crippen LogP contribution >= 0.6 is 23.2 Å². The molecule has 9 heteroatoms. The number of carbonyl (C=O) groups excluding carboxylic acids is 1. The second-order valence-electron chi connectivity index (χ2n) is 4.34. The zero-order valence-electron chi connectivity index (χ0n) is 11.0. The van der Waals surface area contributed by atoms with Crippen LogP contribution in [0.4, 0.5) is 4.39 Å². The average Bonchev–Trinajstić information content (AvgIpc) is 2.42. The first-order chi connectivity index (χ1) is 9.66. The molecule has 0 aliphatic rings. The Morgan fingerprint density at radius 1 is 1.43 bits per heavy atom. The molecule has 0 bridgehead atoms. The summed E-state index contributed by atoms with van der Waals surface area (Å²) in [4.78, 5) is 9.87. The quantitative estimate of drug-likeness (QED) is 0.753. The summed E-state index contributed by atoms with van der Waals surface area (Å²) in [6, 6.07) is 3.92. The van der Waals surface area contributed by atoms with Gasteiger partial charge in [-0.3, -0.25) is 4.79 Å². The smallest absolute Gasteiger partial charge is 0.253 e. The van der Waals surface area contributed by atoms with E-state index in [1.807, 2.05) is 0 Å². The second-order valence-corrected chi connectivity index (χ2v) is 7.46. The number of nitrogens with one attached hydrogen (secondary N) is 1. The van der Waals surface area contributed by atoms with Crippen molar-refractivity contribution >= 4 is 38.9 Å². The Balaban J connectivity index is 3.00. The Bertz CT molecular complexity index is 609. The molecule has 0 fully saturated rings. The summed E-state index contributed by atoms with van der Waals surface area (Å²) < 4.78 is 37.2. The molecule has 0 aliphatic carbocycles. The molecular formula is C12H14Cl2FNO4S. The van der Waals surface area contributed by atoms with E-state index >= 15 is 0 Å². The maximum atomic E-state index is 14.3. The van der Waals surface area contributed by atoms with Gasteiger partial charge in [0.05, 0.1) is 17.5 Å². The maximum Gasteiger partial charge on any atom is 0.253 e. The van der Waals surface area contributed by atoms with Crippen LogP contribution in [0.25, 0.3) is 0 Å². The third kappa shape index (κ3) is 5.10. The van der Waals surface area contributed by atoms with Crippen LogP contribution in [0.3, 0.4) is 0 Å². The van der Waals surface area contributed by atoms with E-state index in [0.717, 1.165) is 12.3 Å². The summed E-state index contributed by atoms with van der Waals surface area (Å²) in [6.07, 6.45) is -0.816. The molecule has 1 amide bonds. The van der Waals surface area contributed by atoms with Crippen molar-refractivity contribution in [2.24, 2.45) is 0 Å². The topological polar surface area (TPSA) is 83.5 Å². The Kier molecular flexibility index (Phi) is 6.40. The van der Waals surface area contributed by atoms with Gasteiger partial charge in [0.15, 0.2) is 14.7 Å². The normalized spacial score (nSPS) is 14.8. The van der Waals surface area contributed by atoms with E-state index in [0.29, 0.717) is 0 Å². The molecule has 21 heavy (non-hydrogen) atoms. The summed E-state index contributed by atoms with van der Waals surface area (Å²) in [7, 11) is -3.49. The molecule has 2 unspecified atom stereocenters. The number of hydrogen-bond acceptors (Lipinski definition) is 4. The predicted molar refractivity (Wildman–Crippen MR) is 77.9 cm³/mol. The molecule has 2 N–H and O–H groups in total. The van der Waals surface area contributed by atoms with Crippen molar-refractivity contribution in [3.63, 3.8) is 0 Å². The van der Waals surface area contributed by atoms with Crippen LogP contribution in [0.1, 0.15) is 11.7 Å². The van der Waals surface area contributed by atoms with E-state index < -0.39 is 39.4 Å². The number of halogens is 3. The lowest BCUT2D eigenvalue weighted by Crippen LogP contribution is -2.43. The summed E-state index contributed by atoms with van der Waals surface area (Å²) in [5, 5.41) is 11.3. The molecule has 0 heterocycles. The van der Waals surface area contributed by atoms with Gasteiger partial charge in [0, 0.05) is 6.26 Å². The van der Waals surface area contributed by atoms with Gasteiger partial charge in [-0.05, 0) is 17.7 Å². The third-order valence-electron chi connectivity index (χ3n) is 2.68. The number of rotatable bonds is 6. The van der Waals surface area contributed by atoms with E-state index in [4.69, 9.17) is 28.3 Å². The maximum absolute atomic E-state index is 14.3. The molecule has 5 nitrogen and oxygen atoms in total. The molecule has 1 rings (SSSR count). The van der Waals surface area contributed by atoms with E-state index in [-0.39, 0.29) is 10.5 Å². The number of amides is 1. The molecule has 0 aliphatic heterocycles. The third-order valence-corrected chi connectivity index (χ3v) is 4.19. The standard InChI is InChI=1S/C12H14Cl2FNO4S/c1-21(19,20)8-4-2-3-7(5-8)10(15)9(6-17)16-12(18)11(13)14/h2-5,9-11,17H,6H2,1H3,(H,16,18). The fourth-order valence-corrected chi connectivity index (χ4v) is 2.41. The monoisotopic (exact) mass is 357 g/mol. The van der Waals surface area contributed by atoms with Crippen LogP contribution < -0.4 is 5.32 Å².